The molecule has 3 aromatic carbocycles. The van der Waals surface area contributed by atoms with Crippen LogP contribution in [0.1, 0.15) is 22.3 Å². The number of aryl methyl sites for hydroxylation is 1. The van der Waals surface area contributed by atoms with E-state index in [4.69, 9.17) is 9.47 Å². The van der Waals surface area contributed by atoms with Crippen molar-refractivity contribution in [3.63, 3.8) is 0 Å². The average Bonchev–Trinajstić information content (AvgIpc) is 2.91. The van der Waals surface area contributed by atoms with Gasteiger partial charge in [-0.2, -0.15) is 8.97 Å². The van der Waals surface area contributed by atoms with Crippen molar-refractivity contribution < 1.29 is 19.0 Å². The molecule has 5 rings (SSSR count). The van der Waals surface area contributed by atoms with Crippen LogP contribution in [0.3, 0.4) is 0 Å². The summed E-state index contributed by atoms with van der Waals surface area (Å²) in [5.41, 5.74) is 5.61. The fraction of sp³-hybridized carbons (Fsp3) is 0.161. The van der Waals surface area contributed by atoms with Crippen LogP contribution in [0.15, 0.2) is 95.9 Å². The maximum absolute atomic E-state index is 13.6. The Balaban J connectivity index is 1.51. The first-order chi connectivity index (χ1) is 18.0. The smallest absolute Gasteiger partial charge is 0.341 e. The molecule has 6 heteroatoms. The van der Waals surface area contributed by atoms with Crippen molar-refractivity contribution in [2.45, 2.75) is 27.0 Å². The maximum atomic E-state index is 13.6. The van der Waals surface area contributed by atoms with Crippen LogP contribution in [0.4, 0.5) is 0 Å². The van der Waals surface area contributed by atoms with Crippen molar-refractivity contribution in [3.8, 4) is 28.5 Å². The topological polar surface area (TPSA) is 64.8 Å². The number of pyridine rings is 1. The molecule has 0 aliphatic heterocycles. The van der Waals surface area contributed by atoms with Crippen LogP contribution < -0.4 is 19.4 Å². The molecule has 0 unspecified atom stereocenters. The van der Waals surface area contributed by atoms with E-state index in [0.29, 0.717) is 41.5 Å². The first-order valence-electron chi connectivity index (χ1n) is 12.1. The summed E-state index contributed by atoms with van der Waals surface area (Å²) < 4.78 is 15.3. The quantitative estimate of drug-likeness (QED) is 0.316. The lowest BCUT2D eigenvalue weighted by molar-refractivity contribution is -0.504. The molecule has 37 heavy (non-hydrogen) atoms. The predicted octanol–water partition coefficient (Wildman–Crippen LogP) is 5.21. The minimum absolute atomic E-state index is 0.122. The lowest BCUT2D eigenvalue weighted by atomic mass is 10.1. The van der Waals surface area contributed by atoms with E-state index in [9.17, 15) is 9.90 Å². The molecule has 0 aliphatic rings. The van der Waals surface area contributed by atoms with Gasteiger partial charge in [0.25, 0.3) is 5.65 Å². The Kier molecular flexibility index (Phi) is 6.64. The molecule has 186 valence electrons. The second-order valence-electron chi connectivity index (χ2n) is 9.07. The number of hydrogen-bond acceptors (Lipinski definition) is 4. The normalized spacial score (nSPS) is 11.0. The Morgan fingerprint density at radius 1 is 0.865 bits per heavy atom. The number of aromatic hydroxyl groups is 1. The van der Waals surface area contributed by atoms with Gasteiger partial charge < -0.3 is 14.6 Å². The molecule has 1 N–H and O–H groups in total. The maximum Gasteiger partial charge on any atom is 0.341 e. The van der Waals surface area contributed by atoms with Gasteiger partial charge in [0, 0.05) is 6.07 Å². The van der Waals surface area contributed by atoms with E-state index < -0.39 is 0 Å². The molecule has 5 aromatic rings. The molecule has 0 saturated carbocycles. The number of methoxy groups -OCH3 is 1. The van der Waals surface area contributed by atoms with E-state index in [1.807, 2.05) is 71.3 Å². The standard InChI is InChI=1S/C31H28N2O4/c1-21-9-8-10-24(17-21)20-37-27-15-14-23(18-28(27)36-3)19-33-29-13-6-7-16-32(29)30(22(2)31(33)35)25-11-4-5-12-26(25)34/h4-18H,19-20H2,1-3H3/p+1. The Hall–Kier alpha value is -4.58. The van der Waals surface area contributed by atoms with Crippen molar-refractivity contribution in [2.75, 3.05) is 7.11 Å². The Morgan fingerprint density at radius 3 is 2.46 bits per heavy atom. The third-order valence-electron chi connectivity index (χ3n) is 6.48. The first kappa shape index (κ1) is 24.1. The first-order valence-corrected chi connectivity index (χ1v) is 12.1. The molecule has 0 aliphatic carbocycles. The summed E-state index contributed by atoms with van der Waals surface area (Å²) in [7, 11) is 1.61. The van der Waals surface area contributed by atoms with Gasteiger partial charge in [0.05, 0.1) is 24.4 Å². The Labute approximate surface area is 215 Å². The fourth-order valence-corrected chi connectivity index (χ4v) is 4.67. The molecule has 2 heterocycles. The van der Waals surface area contributed by atoms with Crippen molar-refractivity contribution >= 4 is 5.65 Å². The van der Waals surface area contributed by atoms with Gasteiger partial charge in [0.15, 0.2) is 17.2 Å². The van der Waals surface area contributed by atoms with E-state index in [0.717, 1.165) is 16.8 Å². The number of fused-ring (bicyclic) bond motifs is 1. The second-order valence-corrected chi connectivity index (χ2v) is 9.07. The lowest BCUT2D eigenvalue weighted by Crippen LogP contribution is -2.38. The van der Waals surface area contributed by atoms with Crippen molar-refractivity contribution in [1.29, 1.82) is 0 Å². The zero-order valence-corrected chi connectivity index (χ0v) is 21.1. The number of aromatic nitrogens is 2. The highest BCUT2D eigenvalue weighted by molar-refractivity contribution is 5.67. The summed E-state index contributed by atoms with van der Waals surface area (Å²) >= 11 is 0. The number of rotatable bonds is 7. The second kappa shape index (κ2) is 10.2. The molecular formula is C31H29N2O4+. The van der Waals surface area contributed by atoms with Crippen LogP contribution in [0, 0.1) is 13.8 Å². The summed E-state index contributed by atoms with van der Waals surface area (Å²) in [5.74, 6) is 1.38. The largest absolute Gasteiger partial charge is 0.507 e. The van der Waals surface area contributed by atoms with Gasteiger partial charge in [-0.05, 0) is 55.3 Å². The zero-order valence-electron chi connectivity index (χ0n) is 21.1. The molecule has 0 spiro atoms. The zero-order chi connectivity index (χ0) is 25.9. The predicted molar refractivity (Wildman–Crippen MR) is 143 cm³/mol. The van der Waals surface area contributed by atoms with Gasteiger partial charge in [0.2, 0.25) is 0 Å². The molecule has 2 aromatic heterocycles. The number of para-hydroxylation sites is 1. The number of benzene rings is 3. The molecule has 0 radical (unpaired) electrons. The van der Waals surface area contributed by atoms with E-state index in [1.54, 1.807) is 30.7 Å². The monoisotopic (exact) mass is 493 g/mol. The third-order valence-corrected chi connectivity index (χ3v) is 6.48. The van der Waals surface area contributed by atoms with E-state index >= 15 is 0 Å². The highest BCUT2D eigenvalue weighted by Gasteiger charge is 2.24. The molecule has 0 saturated heterocycles. The highest BCUT2D eigenvalue weighted by atomic mass is 16.5. The van der Waals surface area contributed by atoms with Gasteiger partial charge in [-0.3, -0.25) is 0 Å². The fourth-order valence-electron chi connectivity index (χ4n) is 4.67. The molecule has 0 atom stereocenters. The summed E-state index contributed by atoms with van der Waals surface area (Å²) in [6, 6.07) is 26.7. The number of phenolic OH excluding ortho intramolecular Hbond substituents is 1. The van der Waals surface area contributed by atoms with Gasteiger partial charge in [-0.15, -0.1) is 0 Å². The van der Waals surface area contributed by atoms with Gasteiger partial charge >= 0.3 is 5.56 Å². The summed E-state index contributed by atoms with van der Waals surface area (Å²) in [4.78, 5) is 13.6. The average molecular weight is 494 g/mol. The third kappa shape index (κ3) is 4.78. The van der Waals surface area contributed by atoms with Crippen LogP contribution in [0.25, 0.3) is 16.9 Å². The van der Waals surface area contributed by atoms with Crippen LogP contribution in [-0.2, 0) is 13.2 Å². The molecular weight excluding hydrogens is 464 g/mol. The van der Waals surface area contributed by atoms with E-state index in [2.05, 4.69) is 19.1 Å². The molecule has 0 bridgehead atoms. The number of hydrogen-bond donors (Lipinski definition) is 1. The number of ether oxygens (including phenoxy) is 2. The minimum Gasteiger partial charge on any atom is -0.507 e. The van der Waals surface area contributed by atoms with Crippen LogP contribution in [-0.4, -0.2) is 16.8 Å². The molecule has 6 nitrogen and oxygen atoms in total. The van der Waals surface area contributed by atoms with Crippen LogP contribution in [0.5, 0.6) is 17.2 Å². The van der Waals surface area contributed by atoms with Crippen LogP contribution >= 0.6 is 0 Å². The van der Waals surface area contributed by atoms with Crippen molar-refractivity contribution in [1.82, 2.24) is 4.57 Å². The number of phenols is 1. The van der Waals surface area contributed by atoms with Crippen LogP contribution in [0.2, 0.25) is 0 Å². The van der Waals surface area contributed by atoms with Crippen molar-refractivity contribution in [2.24, 2.45) is 0 Å². The SMILES string of the molecule is COc1cc(Cn2c(=O)c(C)c(-c3ccccc3O)[n+]3ccccc23)ccc1OCc1cccc(C)c1. The molecule has 0 amide bonds. The Bertz CT molecular complexity index is 1660. The van der Waals surface area contributed by atoms with Gasteiger partial charge in [0.1, 0.15) is 18.9 Å². The van der Waals surface area contributed by atoms with Gasteiger partial charge in [-0.1, -0.05) is 54.1 Å². The van der Waals surface area contributed by atoms with Crippen molar-refractivity contribution in [3.05, 3.63) is 124 Å². The van der Waals surface area contributed by atoms with E-state index in [1.165, 1.54) is 5.56 Å². The minimum atomic E-state index is -0.122. The summed E-state index contributed by atoms with van der Waals surface area (Å²) in [6.07, 6.45) is 1.91. The summed E-state index contributed by atoms with van der Waals surface area (Å²) in [6.45, 7) is 4.64. The number of nitrogens with zero attached hydrogens (tertiary/aromatic N) is 2. The molecule has 0 fully saturated rings. The van der Waals surface area contributed by atoms with Gasteiger partial charge in [-0.25, -0.2) is 4.79 Å². The Morgan fingerprint density at radius 2 is 1.68 bits per heavy atom. The lowest BCUT2D eigenvalue weighted by Gasteiger charge is -2.14. The van der Waals surface area contributed by atoms with E-state index in [-0.39, 0.29) is 11.3 Å². The summed E-state index contributed by atoms with van der Waals surface area (Å²) in [5, 5.41) is 10.5. The highest BCUT2D eigenvalue weighted by Crippen LogP contribution is 2.30.